The Morgan fingerprint density at radius 2 is 1.81 bits per heavy atom. The highest BCUT2D eigenvalue weighted by Gasteiger charge is 2.36. The van der Waals surface area contributed by atoms with Gasteiger partial charge in [-0.15, -0.1) is 11.3 Å². The van der Waals surface area contributed by atoms with Crippen LogP contribution in [0.15, 0.2) is 42.5 Å². The molecule has 6 nitrogen and oxygen atoms in total. The Balaban J connectivity index is 1.36. The molecule has 3 aromatic heterocycles. The lowest BCUT2D eigenvalue weighted by Gasteiger charge is -2.34. The van der Waals surface area contributed by atoms with Gasteiger partial charge in [0.05, 0.1) is 10.6 Å². The summed E-state index contributed by atoms with van der Waals surface area (Å²) in [6.07, 6.45) is -3.88. The first kappa shape index (κ1) is 26.0. The van der Waals surface area contributed by atoms with Crippen LogP contribution < -0.4 is 0 Å². The highest BCUT2D eigenvalue weighted by Crippen LogP contribution is 2.34. The summed E-state index contributed by atoms with van der Waals surface area (Å²) in [7, 11) is 0. The first-order valence-corrected chi connectivity index (χ1v) is 13.2. The number of alkyl halides is 3. The maximum Gasteiger partial charge on any atom is 0.433 e. The van der Waals surface area contributed by atoms with E-state index in [1.165, 1.54) is 17.4 Å². The quantitative estimate of drug-likeness (QED) is 0.284. The summed E-state index contributed by atoms with van der Waals surface area (Å²) in [5.74, 6) is -0.422. The van der Waals surface area contributed by atoms with Gasteiger partial charge in [0.2, 0.25) is 0 Å². The lowest BCUT2D eigenvalue weighted by atomic mass is 10.2. The van der Waals surface area contributed by atoms with Gasteiger partial charge in [-0.3, -0.25) is 9.69 Å². The van der Waals surface area contributed by atoms with Gasteiger partial charge in [0.25, 0.3) is 5.91 Å². The van der Waals surface area contributed by atoms with E-state index in [4.69, 9.17) is 23.2 Å². The molecule has 194 valence electrons. The number of carbonyl (C=O) groups is 1. The topological polar surface area (TPSA) is 53.7 Å². The smallest absolute Gasteiger partial charge is 0.335 e. The first-order chi connectivity index (χ1) is 17.6. The van der Waals surface area contributed by atoms with Crippen LogP contribution in [0.5, 0.6) is 0 Å². The minimum atomic E-state index is -4.66. The second-order valence-electron chi connectivity index (χ2n) is 8.75. The molecule has 0 atom stereocenters. The van der Waals surface area contributed by atoms with Gasteiger partial charge in [0.15, 0.2) is 17.0 Å². The monoisotopic (exact) mass is 567 g/mol. The Kier molecular flexibility index (Phi) is 7.19. The zero-order chi connectivity index (χ0) is 26.3. The Morgan fingerprint density at radius 1 is 1.05 bits per heavy atom. The number of halogens is 5. The van der Waals surface area contributed by atoms with Gasteiger partial charge in [0, 0.05) is 53.7 Å². The van der Waals surface area contributed by atoms with Gasteiger partial charge >= 0.3 is 6.18 Å². The number of hydrogen-bond donors (Lipinski definition) is 0. The van der Waals surface area contributed by atoms with Crippen LogP contribution in [-0.4, -0.2) is 56.5 Å². The fourth-order valence-electron chi connectivity index (χ4n) is 4.27. The summed E-state index contributed by atoms with van der Waals surface area (Å²) in [6, 6.07) is 11.3. The van der Waals surface area contributed by atoms with E-state index in [9.17, 15) is 18.0 Å². The molecule has 0 radical (unpaired) electrons. The molecule has 37 heavy (non-hydrogen) atoms. The van der Waals surface area contributed by atoms with Crippen LogP contribution >= 0.6 is 34.5 Å². The average Bonchev–Trinajstić information content (AvgIpc) is 3.52. The van der Waals surface area contributed by atoms with E-state index in [1.54, 1.807) is 23.1 Å². The maximum absolute atomic E-state index is 13.9. The van der Waals surface area contributed by atoms with Crippen molar-refractivity contribution in [2.24, 2.45) is 0 Å². The number of nitrogens with zero attached hydrogens (tertiary/aromatic N) is 5. The number of fused-ring (bicyclic) bond motifs is 1. The summed E-state index contributed by atoms with van der Waals surface area (Å²) in [6.45, 7) is 4.60. The minimum absolute atomic E-state index is 0.0179. The summed E-state index contributed by atoms with van der Waals surface area (Å²) in [5, 5.41) is 5.16. The molecule has 12 heteroatoms. The molecule has 1 aliphatic rings. The Morgan fingerprint density at radius 3 is 2.46 bits per heavy atom. The molecular formula is C25H22Cl2F3N5OS. The zero-order valence-electron chi connectivity index (χ0n) is 19.7. The highest BCUT2D eigenvalue weighted by molar-refractivity contribution is 7.15. The van der Waals surface area contributed by atoms with Gasteiger partial charge < -0.3 is 4.90 Å². The number of amides is 1. The van der Waals surface area contributed by atoms with E-state index in [1.807, 2.05) is 19.1 Å². The van der Waals surface area contributed by atoms with Gasteiger partial charge in [-0.25, -0.2) is 9.50 Å². The van der Waals surface area contributed by atoms with E-state index in [0.29, 0.717) is 52.2 Å². The van der Waals surface area contributed by atoms with Crippen molar-refractivity contribution in [3.63, 3.8) is 0 Å². The standard InChI is InChI=1S/C25H22Cl2F3N5OS/c1-2-17-5-6-21(37-17)19-12-22(25(28,29)30)35-23(31-19)13-20(32-35)24(36)34-9-7-33(8-10-34)14-15-3-4-16(26)11-18(15)27/h3-6,11-13H,2,7-10,14H2,1H3. The van der Waals surface area contributed by atoms with E-state index in [2.05, 4.69) is 15.0 Å². The van der Waals surface area contributed by atoms with Crippen molar-refractivity contribution in [3.05, 3.63) is 74.3 Å². The van der Waals surface area contributed by atoms with Crippen LogP contribution in [0.25, 0.3) is 16.2 Å². The number of benzene rings is 1. The van der Waals surface area contributed by atoms with Crippen molar-refractivity contribution >= 4 is 46.1 Å². The largest absolute Gasteiger partial charge is 0.433 e. The third-order valence-electron chi connectivity index (χ3n) is 6.27. The number of aromatic nitrogens is 3. The lowest BCUT2D eigenvalue weighted by Crippen LogP contribution is -2.48. The second kappa shape index (κ2) is 10.2. The third kappa shape index (κ3) is 5.47. The van der Waals surface area contributed by atoms with Gasteiger partial charge in [-0.2, -0.15) is 18.3 Å². The number of hydrogen-bond acceptors (Lipinski definition) is 5. The van der Waals surface area contributed by atoms with E-state index >= 15 is 0 Å². The summed E-state index contributed by atoms with van der Waals surface area (Å²) in [5.41, 5.74) is 0.0884. The van der Waals surface area contributed by atoms with Crippen molar-refractivity contribution in [1.29, 1.82) is 0 Å². The number of thiophene rings is 1. The van der Waals surface area contributed by atoms with Gasteiger partial charge in [-0.1, -0.05) is 36.2 Å². The molecule has 0 unspecified atom stereocenters. The molecular weight excluding hydrogens is 546 g/mol. The van der Waals surface area contributed by atoms with Crippen molar-refractivity contribution in [1.82, 2.24) is 24.4 Å². The molecule has 0 spiro atoms. The van der Waals surface area contributed by atoms with Crippen LogP contribution in [0.1, 0.15) is 33.5 Å². The molecule has 1 saturated heterocycles. The molecule has 1 aliphatic heterocycles. The molecule has 1 fully saturated rings. The highest BCUT2D eigenvalue weighted by atomic mass is 35.5. The van der Waals surface area contributed by atoms with Crippen LogP contribution in [-0.2, 0) is 19.1 Å². The molecule has 0 N–H and O–H groups in total. The van der Waals surface area contributed by atoms with Crippen LogP contribution in [0.3, 0.4) is 0 Å². The predicted octanol–water partition coefficient (Wildman–Crippen LogP) is 6.30. The van der Waals surface area contributed by atoms with Crippen LogP contribution in [0, 0.1) is 0 Å². The average molecular weight is 568 g/mol. The van der Waals surface area contributed by atoms with E-state index in [0.717, 1.165) is 22.9 Å². The van der Waals surface area contributed by atoms with Crippen molar-refractivity contribution in [2.45, 2.75) is 26.1 Å². The summed E-state index contributed by atoms with van der Waals surface area (Å²) >= 11 is 13.6. The Labute approximate surface area is 225 Å². The fourth-order valence-corrected chi connectivity index (χ4v) is 5.65. The number of rotatable bonds is 5. The number of aryl methyl sites for hydroxylation is 1. The summed E-state index contributed by atoms with van der Waals surface area (Å²) in [4.78, 5) is 23.0. The van der Waals surface area contributed by atoms with Crippen LogP contribution in [0.2, 0.25) is 10.0 Å². The zero-order valence-corrected chi connectivity index (χ0v) is 22.1. The minimum Gasteiger partial charge on any atom is -0.335 e. The van der Waals surface area contributed by atoms with Crippen molar-refractivity contribution in [2.75, 3.05) is 26.2 Å². The normalized spacial score (nSPS) is 15.0. The van der Waals surface area contributed by atoms with Crippen molar-refractivity contribution < 1.29 is 18.0 Å². The lowest BCUT2D eigenvalue weighted by molar-refractivity contribution is -0.142. The molecule has 4 heterocycles. The number of piperazine rings is 1. The molecule has 0 aliphatic carbocycles. The predicted molar refractivity (Wildman–Crippen MR) is 138 cm³/mol. The third-order valence-corrected chi connectivity index (χ3v) is 8.11. The second-order valence-corrected chi connectivity index (χ2v) is 10.8. The molecule has 4 aromatic rings. The molecule has 5 rings (SSSR count). The number of carbonyl (C=O) groups excluding carboxylic acids is 1. The first-order valence-electron chi connectivity index (χ1n) is 11.6. The Hall–Kier alpha value is -2.66. The fraction of sp³-hybridized carbons (Fsp3) is 0.320. The Bertz CT molecular complexity index is 1460. The van der Waals surface area contributed by atoms with Gasteiger partial charge in [0.1, 0.15) is 0 Å². The van der Waals surface area contributed by atoms with E-state index in [-0.39, 0.29) is 17.0 Å². The van der Waals surface area contributed by atoms with Gasteiger partial charge in [-0.05, 0) is 42.3 Å². The summed E-state index contributed by atoms with van der Waals surface area (Å²) < 4.78 is 42.5. The molecule has 0 saturated carbocycles. The molecule has 1 aromatic carbocycles. The molecule has 0 bridgehead atoms. The SMILES string of the molecule is CCc1ccc(-c2cc(C(F)(F)F)n3nc(C(=O)N4CCN(Cc5ccc(Cl)cc5Cl)CC4)cc3n2)s1. The van der Waals surface area contributed by atoms with Crippen LogP contribution in [0.4, 0.5) is 13.2 Å². The molecule has 1 amide bonds. The van der Waals surface area contributed by atoms with E-state index < -0.39 is 17.8 Å². The van der Waals surface area contributed by atoms with Crippen molar-refractivity contribution in [3.8, 4) is 10.6 Å². The maximum atomic E-state index is 13.9.